The number of benzene rings is 3. The number of nitrogens with one attached hydrogen (secondary N) is 2. The predicted molar refractivity (Wildman–Crippen MR) is 125 cm³/mol. The molecule has 0 aliphatic rings. The average molecular weight is 441 g/mol. The highest BCUT2D eigenvalue weighted by atomic mass is 35.5. The van der Waals surface area contributed by atoms with Gasteiger partial charge in [0.05, 0.1) is 19.2 Å². The molecule has 0 amide bonds. The van der Waals surface area contributed by atoms with Crippen LogP contribution >= 0.6 is 12.4 Å². The first-order valence-electron chi connectivity index (χ1n) is 9.87. The standard InChI is InChI=1S/C24H24N2O4.ClH/c1-28-21-10-4-5-11-22(21)29-14-13-25-15-17(27)16-30-23-12-6-8-19-18-7-2-3-9-20(18)26-24(19)23;/h2-12,25-26H,13-16H2,1H3;1H. The van der Waals surface area contributed by atoms with Gasteiger partial charge < -0.3 is 24.5 Å². The molecule has 0 unspecified atom stereocenters. The number of rotatable bonds is 10. The monoisotopic (exact) mass is 440 g/mol. The Balaban J connectivity index is 0.00000272. The second-order valence-corrected chi connectivity index (χ2v) is 6.85. The molecule has 31 heavy (non-hydrogen) atoms. The molecule has 4 aromatic rings. The molecule has 3 aromatic carbocycles. The van der Waals surface area contributed by atoms with Crippen LogP contribution in [0.3, 0.4) is 0 Å². The number of para-hydroxylation sites is 4. The lowest BCUT2D eigenvalue weighted by molar-refractivity contribution is -0.120. The number of halogens is 1. The lowest BCUT2D eigenvalue weighted by atomic mass is 10.1. The molecule has 4 rings (SSSR count). The molecule has 0 atom stereocenters. The molecule has 1 aromatic heterocycles. The highest BCUT2D eigenvalue weighted by Crippen LogP contribution is 2.31. The summed E-state index contributed by atoms with van der Waals surface area (Å²) in [5.74, 6) is 2.02. The van der Waals surface area contributed by atoms with Crippen LogP contribution in [0.4, 0.5) is 0 Å². The molecular formula is C24H25ClN2O4. The highest BCUT2D eigenvalue weighted by molar-refractivity contribution is 6.09. The summed E-state index contributed by atoms with van der Waals surface area (Å²) in [6.45, 7) is 1.21. The number of carbonyl (C=O) groups is 1. The summed E-state index contributed by atoms with van der Waals surface area (Å²) >= 11 is 0. The van der Waals surface area contributed by atoms with Gasteiger partial charge in [0.1, 0.15) is 19.0 Å². The Morgan fingerprint density at radius 2 is 1.58 bits per heavy atom. The van der Waals surface area contributed by atoms with E-state index in [1.807, 2.05) is 60.7 Å². The van der Waals surface area contributed by atoms with Crippen LogP contribution in [0.15, 0.2) is 66.7 Å². The summed E-state index contributed by atoms with van der Waals surface area (Å²) in [4.78, 5) is 15.6. The van der Waals surface area contributed by atoms with Gasteiger partial charge in [-0.3, -0.25) is 4.79 Å². The summed E-state index contributed by atoms with van der Waals surface area (Å²) in [5, 5.41) is 5.31. The van der Waals surface area contributed by atoms with Gasteiger partial charge in [-0.2, -0.15) is 0 Å². The van der Waals surface area contributed by atoms with Crippen LogP contribution < -0.4 is 19.5 Å². The number of aromatic nitrogens is 1. The number of hydrogen-bond acceptors (Lipinski definition) is 5. The van der Waals surface area contributed by atoms with Crippen molar-refractivity contribution in [1.29, 1.82) is 0 Å². The van der Waals surface area contributed by atoms with Crippen LogP contribution in [0.1, 0.15) is 0 Å². The second-order valence-electron chi connectivity index (χ2n) is 6.85. The van der Waals surface area contributed by atoms with Gasteiger partial charge in [-0.25, -0.2) is 0 Å². The number of aromatic amines is 1. The predicted octanol–water partition coefficient (Wildman–Crippen LogP) is 4.37. The molecular weight excluding hydrogens is 416 g/mol. The molecule has 1 heterocycles. The zero-order chi connectivity index (χ0) is 20.8. The molecule has 0 fully saturated rings. The van der Waals surface area contributed by atoms with Crippen molar-refractivity contribution in [1.82, 2.24) is 10.3 Å². The van der Waals surface area contributed by atoms with Crippen LogP contribution in [0.2, 0.25) is 0 Å². The first kappa shape index (κ1) is 22.5. The number of ketones is 1. The summed E-state index contributed by atoms with van der Waals surface area (Å²) < 4.78 is 16.7. The third-order valence-corrected chi connectivity index (χ3v) is 4.82. The van der Waals surface area contributed by atoms with E-state index in [9.17, 15) is 4.79 Å². The summed E-state index contributed by atoms with van der Waals surface area (Å²) in [5.41, 5.74) is 1.95. The molecule has 162 valence electrons. The van der Waals surface area contributed by atoms with E-state index in [1.54, 1.807) is 7.11 Å². The van der Waals surface area contributed by atoms with E-state index in [0.29, 0.717) is 30.4 Å². The van der Waals surface area contributed by atoms with E-state index in [0.717, 1.165) is 21.8 Å². The number of methoxy groups -OCH3 is 1. The molecule has 0 saturated heterocycles. The maximum Gasteiger partial charge on any atom is 0.183 e. The van der Waals surface area contributed by atoms with Gasteiger partial charge in [-0.05, 0) is 24.3 Å². The zero-order valence-electron chi connectivity index (χ0n) is 17.2. The Morgan fingerprint density at radius 3 is 2.42 bits per heavy atom. The number of carbonyl (C=O) groups excluding carboxylic acids is 1. The Hall–Kier alpha value is -3.22. The summed E-state index contributed by atoms with van der Waals surface area (Å²) in [7, 11) is 1.61. The average Bonchev–Trinajstić information content (AvgIpc) is 3.17. The third-order valence-electron chi connectivity index (χ3n) is 4.82. The fourth-order valence-corrected chi connectivity index (χ4v) is 3.37. The van der Waals surface area contributed by atoms with Crippen molar-refractivity contribution in [2.45, 2.75) is 0 Å². The van der Waals surface area contributed by atoms with Gasteiger partial charge in [0.2, 0.25) is 0 Å². The van der Waals surface area contributed by atoms with Gasteiger partial charge in [0.25, 0.3) is 0 Å². The minimum absolute atomic E-state index is 0. The molecule has 6 nitrogen and oxygen atoms in total. The van der Waals surface area contributed by atoms with Crippen LogP contribution in [-0.4, -0.2) is 44.2 Å². The van der Waals surface area contributed by atoms with Crippen molar-refractivity contribution in [3.63, 3.8) is 0 Å². The van der Waals surface area contributed by atoms with Gasteiger partial charge in [-0.15, -0.1) is 12.4 Å². The largest absolute Gasteiger partial charge is 0.493 e. The molecule has 0 aliphatic carbocycles. The van der Waals surface area contributed by atoms with E-state index in [-0.39, 0.29) is 31.3 Å². The molecule has 7 heteroatoms. The number of fused-ring (bicyclic) bond motifs is 3. The number of hydrogen-bond donors (Lipinski definition) is 2. The van der Waals surface area contributed by atoms with E-state index in [2.05, 4.69) is 16.4 Å². The van der Waals surface area contributed by atoms with Crippen molar-refractivity contribution in [2.24, 2.45) is 0 Å². The topological polar surface area (TPSA) is 72.6 Å². The minimum Gasteiger partial charge on any atom is -0.493 e. The van der Waals surface area contributed by atoms with Gasteiger partial charge in [0, 0.05) is 22.8 Å². The molecule has 0 radical (unpaired) electrons. The highest BCUT2D eigenvalue weighted by Gasteiger charge is 2.10. The van der Waals surface area contributed by atoms with Gasteiger partial charge >= 0.3 is 0 Å². The lowest BCUT2D eigenvalue weighted by Gasteiger charge is -2.11. The van der Waals surface area contributed by atoms with Crippen molar-refractivity contribution in [3.05, 3.63) is 66.7 Å². The number of ether oxygens (including phenoxy) is 3. The van der Waals surface area contributed by atoms with E-state index in [1.165, 1.54) is 0 Å². The maximum atomic E-state index is 12.2. The van der Waals surface area contributed by atoms with E-state index >= 15 is 0 Å². The first-order chi connectivity index (χ1) is 14.8. The van der Waals surface area contributed by atoms with Crippen LogP contribution in [0.25, 0.3) is 21.8 Å². The SMILES string of the molecule is COc1ccccc1OCCNCC(=O)COc1cccc2c1[nH]c1ccccc12.Cl. The number of H-pyrrole nitrogens is 1. The third kappa shape index (κ3) is 5.29. The second kappa shape index (κ2) is 10.7. The molecule has 0 spiro atoms. The van der Waals surface area contributed by atoms with Crippen molar-refractivity contribution in [3.8, 4) is 17.2 Å². The molecule has 0 aliphatic heterocycles. The van der Waals surface area contributed by atoms with Crippen LogP contribution in [0.5, 0.6) is 17.2 Å². The Bertz CT molecular complexity index is 1160. The fourth-order valence-electron chi connectivity index (χ4n) is 3.37. The molecule has 0 saturated carbocycles. The van der Waals surface area contributed by atoms with Crippen LogP contribution in [-0.2, 0) is 4.79 Å². The van der Waals surface area contributed by atoms with Gasteiger partial charge in [-0.1, -0.05) is 42.5 Å². The quantitative estimate of drug-likeness (QED) is 0.358. The number of Topliss-reactive ketones (excluding diaryl/α,β-unsaturated/α-hetero) is 1. The summed E-state index contributed by atoms with van der Waals surface area (Å²) in [6.07, 6.45) is 0. The maximum absolute atomic E-state index is 12.2. The molecule has 0 bridgehead atoms. The van der Waals surface area contributed by atoms with Crippen molar-refractivity contribution < 1.29 is 19.0 Å². The normalized spacial score (nSPS) is 10.6. The zero-order valence-corrected chi connectivity index (χ0v) is 18.0. The van der Waals surface area contributed by atoms with Crippen LogP contribution in [0, 0.1) is 0 Å². The lowest BCUT2D eigenvalue weighted by Crippen LogP contribution is -2.30. The Labute approximate surface area is 186 Å². The molecule has 2 N–H and O–H groups in total. The van der Waals surface area contributed by atoms with E-state index in [4.69, 9.17) is 14.2 Å². The van der Waals surface area contributed by atoms with E-state index < -0.39 is 0 Å². The minimum atomic E-state index is -0.0274. The van der Waals surface area contributed by atoms with Gasteiger partial charge in [0.15, 0.2) is 17.3 Å². The fraction of sp³-hybridized carbons (Fsp3) is 0.208. The van der Waals surface area contributed by atoms with Crippen molar-refractivity contribution >= 4 is 40.0 Å². The summed E-state index contributed by atoms with van der Waals surface area (Å²) in [6, 6.07) is 21.4. The Morgan fingerprint density at radius 1 is 0.871 bits per heavy atom. The smallest absolute Gasteiger partial charge is 0.183 e. The Kier molecular flexibility index (Phi) is 7.76. The first-order valence-corrected chi connectivity index (χ1v) is 9.87. The van der Waals surface area contributed by atoms with Crippen molar-refractivity contribution in [2.75, 3.05) is 33.4 Å².